The summed E-state index contributed by atoms with van der Waals surface area (Å²) >= 11 is 0. The van der Waals surface area contributed by atoms with Crippen LogP contribution in [-0.4, -0.2) is 50.9 Å². The third kappa shape index (κ3) is 5.17. The zero-order valence-corrected chi connectivity index (χ0v) is 15.9. The van der Waals surface area contributed by atoms with Crippen LogP contribution in [0.25, 0.3) is 0 Å². The van der Waals surface area contributed by atoms with E-state index in [0.717, 1.165) is 37.1 Å². The highest BCUT2D eigenvalue weighted by Crippen LogP contribution is 2.33. The summed E-state index contributed by atoms with van der Waals surface area (Å²) in [5.41, 5.74) is 2.13. The summed E-state index contributed by atoms with van der Waals surface area (Å²) in [6.45, 7) is 2.46. The van der Waals surface area contributed by atoms with E-state index in [9.17, 15) is 9.18 Å². The number of carbonyl (C=O) groups is 1. The second-order valence-corrected chi connectivity index (χ2v) is 8.14. The summed E-state index contributed by atoms with van der Waals surface area (Å²) < 4.78 is 14.8. The van der Waals surface area contributed by atoms with Gasteiger partial charge in [-0.3, -0.25) is 14.4 Å². The lowest BCUT2D eigenvalue weighted by Crippen LogP contribution is -2.54. The van der Waals surface area contributed by atoms with Gasteiger partial charge in [0.05, 0.1) is 19.3 Å². The second kappa shape index (κ2) is 8.41. The van der Waals surface area contributed by atoms with E-state index in [1.54, 1.807) is 12.1 Å². The van der Waals surface area contributed by atoms with E-state index in [1.165, 1.54) is 25.0 Å². The number of benzene rings is 1. The fraction of sp³-hybridized carbons (Fsp3) is 0.524. The van der Waals surface area contributed by atoms with Crippen molar-refractivity contribution < 1.29 is 14.3 Å². The summed E-state index contributed by atoms with van der Waals surface area (Å²) in [7, 11) is 0. The maximum Gasteiger partial charge on any atom is 0.317 e. The molecule has 7 heteroatoms. The smallest absolute Gasteiger partial charge is 0.317 e. The number of carboxylic acid groups (broad SMARTS) is 1. The molecule has 150 valence electrons. The van der Waals surface area contributed by atoms with Gasteiger partial charge in [-0.2, -0.15) is 5.10 Å². The molecule has 2 saturated carbocycles. The first-order valence-electron chi connectivity index (χ1n) is 10.00. The number of nitrogens with one attached hydrogen (secondary N) is 1. The van der Waals surface area contributed by atoms with Gasteiger partial charge in [0.25, 0.3) is 0 Å². The molecule has 2 aliphatic carbocycles. The van der Waals surface area contributed by atoms with Crippen LogP contribution in [0, 0.1) is 11.7 Å². The van der Waals surface area contributed by atoms with Gasteiger partial charge in [0.15, 0.2) is 0 Å². The van der Waals surface area contributed by atoms with Gasteiger partial charge < -0.3 is 10.4 Å². The Morgan fingerprint density at radius 3 is 2.68 bits per heavy atom. The number of nitrogens with zero attached hydrogens (tertiary/aromatic N) is 3. The average Bonchev–Trinajstić information content (AvgIpc) is 3.32. The molecular formula is C21H27FN4O2. The van der Waals surface area contributed by atoms with Crippen LogP contribution >= 0.6 is 0 Å². The van der Waals surface area contributed by atoms with Gasteiger partial charge in [-0.1, -0.05) is 12.1 Å². The van der Waals surface area contributed by atoms with E-state index in [4.69, 9.17) is 5.11 Å². The standard InChI is InChI=1S/C21H27FN4O2/c22-18-5-3-16(4-6-18)12-26-13-17(10-24-26)9-23-19-7-20(8-19)25(14-21(27)28)11-15-1-2-15/h3-6,10,13,15,19-20,23H,1-2,7-9,11-12,14H2,(H,27,28). The highest BCUT2D eigenvalue weighted by Gasteiger charge is 2.36. The number of hydrogen-bond acceptors (Lipinski definition) is 4. The third-order valence-corrected chi connectivity index (χ3v) is 5.70. The summed E-state index contributed by atoms with van der Waals surface area (Å²) in [5, 5.41) is 17.1. The Morgan fingerprint density at radius 2 is 2.00 bits per heavy atom. The van der Waals surface area contributed by atoms with Gasteiger partial charge in [-0.05, 0) is 49.3 Å². The van der Waals surface area contributed by atoms with Crippen LogP contribution in [-0.2, 0) is 17.9 Å². The molecule has 2 N–H and O–H groups in total. The number of halogens is 1. The van der Waals surface area contributed by atoms with E-state index < -0.39 is 5.97 Å². The van der Waals surface area contributed by atoms with Gasteiger partial charge in [0, 0.05) is 36.9 Å². The minimum absolute atomic E-state index is 0.157. The lowest BCUT2D eigenvalue weighted by molar-refractivity contribution is -0.139. The largest absolute Gasteiger partial charge is 0.480 e. The number of carboxylic acids is 1. The predicted octanol–water partition coefficient (Wildman–Crippen LogP) is 2.49. The fourth-order valence-electron chi connectivity index (χ4n) is 3.82. The Kier molecular flexibility index (Phi) is 5.73. The van der Waals surface area contributed by atoms with Crippen LogP contribution in [0.2, 0.25) is 0 Å². The molecule has 0 bridgehead atoms. The number of hydrogen-bond donors (Lipinski definition) is 2. The van der Waals surface area contributed by atoms with Gasteiger partial charge in [0.2, 0.25) is 0 Å². The van der Waals surface area contributed by atoms with Crippen molar-refractivity contribution in [3.05, 3.63) is 53.6 Å². The maximum atomic E-state index is 13.0. The van der Waals surface area contributed by atoms with Crippen molar-refractivity contribution >= 4 is 5.97 Å². The van der Waals surface area contributed by atoms with Gasteiger partial charge >= 0.3 is 5.97 Å². The third-order valence-electron chi connectivity index (χ3n) is 5.70. The molecule has 28 heavy (non-hydrogen) atoms. The van der Waals surface area contributed by atoms with Crippen molar-refractivity contribution in [1.82, 2.24) is 20.0 Å². The SMILES string of the molecule is O=C(O)CN(CC1CC1)C1CC(NCc2cnn(Cc3ccc(F)cc3)c2)C1. The lowest BCUT2D eigenvalue weighted by Gasteiger charge is -2.43. The Hall–Kier alpha value is -2.25. The number of rotatable bonds is 10. The highest BCUT2D eigenvalue weighted by molar-refractivity contribution is 5.69. The molecule has 0 unspecified atom stereocenters. The fourth-order valence-corrected chi connectivity index (χ4v) is 3.82. The molecule has 1 aromatic carbocycles. The number of aromatic nitrogens is 2. The van der Waals surface area contributed by atoms with E-state index in [2.05, 4.69) is 15.3 Å². The van der Waals surface area contributed by atoms with Crippen LogP contribution in [0.5, 0.6) is 0 Å². The van der Waals surface area contributed by atoms with Crippen LogP contribution in [0.1, 0.15) is 36.8 Å². The van der Waals surface area contributed by atoms with Crippen molar-refractivity contribution in [2.75, 3.05) is 13.1 Å². The van der Waals surface area contributed by atoms with Crippen LogP contribution in [0.3, 0.4) is 0 Å². The van der Waals surface area contributed by atoms with E-state index in [0.29, 0.717) is 24.5 Å². The minimum atomic E-state index is -0.731. The van der Waals surface area contributed by atoms with Crippen molar-refractivity contribution in [1.29, 1.82) is 0 Å². The van der Waals surface area contributed by atoms with Crippen molar-refractivity contribution in [2.24, 2.45) is 5.92 Å². The molecule has 2 aliphatic rings. The molecule has 2 fully saturated rings. The highest BCUT2D eigenvalue weighted by atomic mass is 19.1. The summed E-state index contributed by atoms with van der Waals surface area (Å²) in [6.07, 6.45) is 8.36. The molecule has 0 amide bonds. The zero-order valence-electron chi connectivity index (χ0n) is 15.9. The Morgan fingerprint density at radius 1 is 1.25 bits per heavy atom. The summed E-state index contributed by atoms with van der Waals surface area (Å²) in [5.74, 6) is -0.254. The molecule has 0 aliphatic heterocycles. The molecule has 1 heterocycles. The Balaban J connectivity index is 1.21. The van der Waals surface area contributed by atoms with Crippen molar-refractivity contribution in [2.45, 2.75) is 50.9 Å². The van der Waals surface area contributed by atoms with Gasteiger partial charge in [0.1, 0.15) is 5.82 Å². The first kappa shape index (κ1) is 19.1. The Labute approximate surface area is 164 Å². The van der Waals surface area contributed by atoms with Crippen molar-refractivity contribution in [3.63, 3.8) is 0 Å². The monoisotopic (exact) mass is 386 g/mol. The zero-order chi connectivity index (χ0) is 19.5. The Bertz CT molecular complexity index is 797. The molecule has 0 atom stereocenters. The first-order chi connectivity index (χ1) is 13.5. The van der Waals surface area contributed by atoms with Gasteiger partial charge in [-0.25, -0.2) is 4.39 Å². The van der Waals surface area contributed by atoms with E-state index in [-0.39, 0.29) is 12.4 Å². The quantitative estimate of drug-likeness (QED) is 0.657. The molecule has 6 nitrogen and oxygen atoms in total. The lowest BCUT2D eigenvalue weighted by atomic mass is 9.85. The topological polar surface area (TPSA) is 70.4 Å². The maximum absolute atomic E-state index is 13.0. The van der Waals surface area contributed by atoms with Crippen LogP contribution in [0.15, 0.2) is 36.7 Å². The normalized spacial score (nSPS) is 21.6. The molecule has 2 aromatic rings. The minimum Gasteiger partial charge on any atom is -0.480 e. The molecule has 0 spiro atoms. The first-order valence-corrected chi connectivity index (χ1v) is 10.00. The number of aliphatic carboxylic acids is 1. The molecule has 1 aromatic heterocycles. The summed E-state index contributed by atoms with van der Waals surface area (Å²) in [4.78, 5) is 13.3. The molecular weight excluding hydrogens is 359 g/mol. The second-order valence-electron chi connectivity index (χ2n) is 8.14. The van der Waals surface area contributed by atoms with Crippen LogP contribution in [0.4, 0.5) is 4.39 Å². The van der Waals surface area contributed by atoms with Gasteiger partial charge in [-0.15, -0.1) is 0 Å². The molecule has 0 saturated heterocycles. The molecule has 0 radical (unpaired) electrons. The average molecular weight is 386 g/mol. The van der Waals surface area contributed by atoms with Crippen LogP contribution < -0.4 is 5.32 Å². The molecule has 4 rings (SSSR count). The predicted molar refractivity (Wildman–Crippen MR) is 103 cm³/mol. The van der Waals surface area contributed by atoms with E-state index in [1.807, 2.05) is 17.1 Å². The van der Waals surface area contributed by atoms with Crippen molar-refractivity contribution in [3.8, 4) is 0 Å². The van der Waals surface area contributed by atoms with E-state index >= 15 is 0 Å². The summed E-state index contributed by atoms with van der Waals surface area (Å²) in [6, 6.07) is 7.29.